The van der Waals surface area contributed by atoms with E-state index in [1.165, 1.54) is 0 Å². The summed E-state index contributed by atoms with van der Waals surface area (Å²) in [5, 5.41) is 0. The zero-order valence-corrected chi connectivity index (χ0v) is 11.0. The van der Waals surface area contributed by atoms with Crippen molar-refractivity contribution in [3.05, 3.63) is 0 Å². The Balaban J connectivity index is 3.95. The Hall–Kier alpha value is -0.0100. The summed E-state index contributed by atoms with van der Waals surface area (Å²) in [6.07, 6.45) is 2.72. The van der Waals surface area contributed by atoms with Crippen LogP contribution in [0.15, 0.2) is 0 Å². The Bertz CT molecular complexity index is 220. The molecule has 0 aromatic rings. The molecule has 0 bridgehead atoms. The van der Waals surface area contributed by atoms with Crippen LogP contribution in [0.2, 0.25) is 1.41 Å². The third-order valence-corrected chi connectivity index (χ3v) is 3.59. The Kier molecular flexibility index (Phi) is 9.83. The van der Waals surface area contributed by atoms with Crippen LogP contribution in [0.4, 0.5) is 0 Å². The maximum absolute atomic E-state index is 12.1. The largest absolute Gasteiger partial charge is 0.358 e. The first-order chi connectivity index (χ1) is 8.68. The number of rotatable bonds is 13. The molecule has 0 heterocycles. The predicted octanol–water partition coefficient (Wildman–Crippen LogP) is 0.538. The van der Waals surface area contributed by atoms with E-state index in [0.29, 0.717) is 39.1 Å². The van der Waals surface area contributed by atoms with Gasteiger partial charge in [0.05, 0.1) is 13.2 Å². The van der Waals surface area contributed by atoms with Crippen LogP contribution < -0.4 is 17.4 Å². The van der Waals surface area contributed by atoms with Crippen LogP contribution in [-0.2, 0) is 18.5 Å². The van der Waals surface area contributed by atoms with Crippen LogP contribution >= 0.6 is 7.60 Å². The summed E-state index contributed by atoms with van der Waals surface area (Å²) < 4.78 is 29.2. The van der Waals surface area contributed by atoms with Gasteiger partial charge in [0.25, 0.3) is 0 Å². The number of nitrogens with two attached hydrogens (primary N) is 3. The molecule has 8 heteroatoms. The molecule has 6 N–H and O–H groups in total. The quantitative estimate of drug-likeness (QED) is 0.253. The molecule has 0 aromatic heterocycles. The average Bonchev–Trinajstić information content (AvgIpc) is 2.38. The minimum Gasteiger partial charge on any atom is -0.330 e. The van der Waals surface area contributed by atoms with E-state index in [1.807, 2.05) is 0 Å². The summed E-state index contributed by atoms with van der Waals surface area (Å²) >= 11 is 0. The van der Waals surface area contributed by atoms with Crippen LogP contribution in [0.5, 0.6) is 0 Å². The fourth-order valence-corrected chi connectivity index (χ4v) is 2.29. The maximum Gasteiger partial charge on any atom is 0.358 e. The first-order valence-corrected chi connectivity index (χ1v) is 7.48. The van der Waals surface area contributed by atoms with Gasteiger partial charge in [-0.15, -0.1) is 0 Å². The van der Waals surface area contributed by atoms with Gasteiger partial charge in [-0.25, -0.2) is 5.89 Å². The van der Waals surface area contributed by atoms with Gasteiger partial charge in [0.1, 0.15) is 0 Å². The monoisotopic (exact) mass is 270 g/mol. The van der Waals surface area contributed by atoms with Gasteiger partial charge in [-0.1, -0.05) is 0 Å². The molecule has 0 saturated heterocycles. The molecular formula is C9H24N3O4P. The van der Waals surface area contributed by atoms with Gasteiger partial charge in [0.15, 0.2) is 7.76 Å². The lowest BCUT2D eigenvalue weighted by atomic mass is 10.3. The summed E-state index contributed by atoms with van der Waals surface area (Å²) in [6, 6.07) is 0. The van der Waals surface area contributed by atoms with E-state index in [2.05, 4.69) is 4.84 Å². The van der Waals surface area contributed by atoms with Gasteiger partial charge < -0.3 is 20.5 Å². The van der Waals surface area contributed by atoms with Crippen LogP contribution in [-0.4, -0.2) is 32.7 Å². The Morgan fingerprint density at radius 2 is 1.53 bits per heavy atom. The standard InChI is InChI=1S/C9H24N3O4P/c10-5-1-3-7-15-17(13,9-14-12)16-8-4-2-6-11/h1-12H2/i12D. The topological polar surface area (TPSA) is 123 Å². The second-order valence-electron chi connectivity index (χ2n) is 3.54. The van der Waals surface area contributed by atoms with Gasteiger partial charge in [-0.2, -0.15) is 0 Å². The molecule has 0 aliphatic rings. The van der Waals surface area contributed by atoms with Crippen LogP contribution in [0, 0.1) is 0 Å². The number of unbranched alkanes of at least 4 members (excludes halogenated alkanes) is 2. The van der Waals surface area contributed by atoms with Gasteiger partial charge in [0.2, 0.25) is 0 Å². The van der Waals surface area contributed by atoms with Crippen molar-refractivity contribution in [2.75, 3.05) is 32.7 Å². The molecular weight excluding hydrogens is 245 g/mol. The minimum atomic E-state index is -3.30. The van der Waals surface area contributed by atoms with Crippen molar-refractivity contribution in [3.8, 4) is 0 Å². The lowest BCUT2D eigenvalue weighted by Crippen LogP contribution is -2.10. The highest BCUT2D eigenvalue weighted by atomic mass is 31.2. The zero-order chi connectivity index (χ0) is 13.7. The summed E-state index contributed by atoms with van der Waals surface area (Å²) in [5.41, 5.74) is 10.7. The first-order valence-electron chi connectivity index (χ1n) is 6.25. The molecule has 0 saturated carbocycles. The predicted molar refractivity (Wildman–Crippen MR) is 66.2 cm³/mol. The van der Waals surface area contributed by atoms with E-state index < -0.39 is 7.60 Å². The highest BCUT2D eigenvalue weighted by molar-refractivity contribution is 7.53. The molecule has 7 nitrogen and oxygen atoms in total. The number of hydrogen-bond acceptors (Lipinski definition) is 7. The first kappa shape index (κ1) is 15.0. The Morgan fingerprint density at radius 1 is 1.00 bits per heavy atom. The van der Waals surface area contributed by atoms with Crippen molar-refractivity contribution in [3.63, 3.8) is 0 Å². The third-order valence-electron chi connectivity index (χ3n) is 2.00. The lowest BCUT2D eigenvalue weighted by molar-refractivity contribution is 0.128. The molecule has 104 valence electrons. The molecule has 0 aliphatic heterocycles. The normalized spacial score (nSPS) is 12.7. The molecule has 0 aromatic carbocycles. The molecule has 0 rings (SSSR count). The third kappa shape index (κ3) is 9.67. The highest BCUT2D eigenvalue weighted by Crippen LogP contribution is 2.48. The van der Waals surface area contributed by atoms with Crippen molar-refractivity contribution in [1.29, 1.82) is 0 Å². The second kappa shape index (κ2) is 11.1. The van der Waals surface area contributed by atoms with Crippen molar-refractivity contribution in [2.45, 2.75) is 25.7 Å². The molecule has 0 unspecified atom stereocenters. The van der Waals surface area contributed by atoms with E-state index >= 15 is 0 Å². The molecule has 0 radical (unpaired) electrons. The van der Waals surface area contributed by atoms with Crippen molar-refractivity contribution < 1.29 is 19.9 Å². The van der Waals surface area contributed by atoms with Crippen molar-refractivity contribution in [2.24, 2.45) is 17.4 Å². The van der Waals surface area contributed by atoms with Crippen molar-refractivity contribution in [1.82, 2.24) is 0 Å². The summed E-state index contributed by atoms with van der Waals surface area (Å²) in [4.78, 5) is 4.57. The SMILES string of the molecule is [2H]NOCP(=O)(OCCCCN)OCCCCN. The van der Waals surface area contributed by atoms with E-state index in [4.69, 9.17) is 21.9 Å². The van der Waals surface area contributed by atoms with Crippen LogP contribution in [0.1, 0.15) is 25.7 Å². The Labute approximate surface area is 104 Å². The van der Waals surface area contributed by atoms with Crippen LogP contribution in [0.25, 0.3) is 0 Å². The summed E-state index contributed by atoms with van der Waals surface area (Å²) in [5.74, 6) is 1.70. The Morgan fingerprint density at radius 3 is 1.94 bits per heavy atom. The molecule has 0 amide bonds. The van der Waals surface area contributed by atoms with E-state index in [0.717, 1.165) is 12.8 Å². The highest BCUT2D eigenvalue weighted by Gasteiger charge is 2.24. The van der Waals surface area contributed by atoms with Gasteiger partial charge >= 0.3 is 7.60 Å². The van der Waals surface area contributed by atoms with Crippen LogP contribution in [0.3, 0.4) is 0 Å². The summed E-state index contributed by atoms with van der Waals surface area (Å²) in [6.45, 7) is 1.73. The maximum atomic E-state index is 12.1. The van der Waals surface area contributed by atoms with E-state index in [9.17, 15) is 4.57 Å². The van der Waals surface area contributed by atoms with E-state index in [-0.39, 0.29) is 6.35 Å². The molecule has 0 spiro atoms. The second-order valence-corrected chi connectivity index (χ2v) is 5.54. The fourth-order valence-electron chi connectivity index (χ4n) is 1.09. The zero-order valence-electron chi connectivity index (χ0n) is 11.1. The average molecular weight is 270 g/mol. The molecule has 0 fully saturated rings. The molecule has 0 aliphatic carbocycles. The minimum absolute atomic E-state index is 0.290. The van der Waals surface area contributed by atoms with E-state index in [1.54, 1.807) is 5.89 Å². The summed E-state index contributed by atoms with van der Waals surface area (Å²) in [7, 11) is -3.30. The molecule has 0 atom stereocenters. The smallest absolute Gasteiger partial charge is 0.330 e. The van der Waals surface area contributed by atoms with Gasteiger partial charge in [-0.05, 0) is 38.8 Å². The van der Waals surface area contributed by atoms with Gasteiger partial charge in [-0.3, -0.25) is 9.40 Å². The van der Waals surface area contributed by atoms with Crippen molar-refractivity contribution >= 4 is 7.60 Å². The lowest BCUT2D eigenvalue weighted by Gasteiger charge is -2.17. The molecule has 17 heavy (non-hydrogen) atoms. The fraction of sp³-hybridized carbons (Fsp3) is 1.00. The number of hydrogen-bond donors (Lipinski definition) is 3. The van der Waals surface area contributed by atoms with Gasteiger partial charge in [0, 0.05) is 0 Å².